The van der Waals surface area contributed by atoms with E-state index < -0.39 is 0 Å². The van der Waals surface area contributed by atoms with E-state index in [9.17, 15) is 0 Å². The molecule has 0 unspecified atom stereocenters. The summed E-state index contributed by atoms with van der Waals surface area (Å²) in [5, 5.41) is 2.38. The Morgan fingerprint density at radius 1 is 1.06 bits per heavy atom. The molecule has 100 valence electrons. The van der Waals surface area contributed by atoms with E-state index in [1.165, 1.54) is 25.7 Å². The summed E-state index contributed by atoms with van der Waals surface area (Å²) >= 11 is 21.5. The molecule has 1 aliphatic carbocycles. The summed E-state index contributed by atoms with van der Waals surface area (Å²) in [6.45, 7) is 0.663. The van der Waals surface area contributed by atoms with Gasteiger partial charge in [0.1, 0.15) is 5.75 Å². The van der Waals surface area contributed by atoms with Crippen molar-refractivity contribution in [3.8, 4) is 5.75 Å². The van der Waals surface area contributed by atoms with Crippen LogP contribution in [0.2, 0.25) is 15.1 Å². The Balaban J connectivity index is 2.08. The molecule has 0 aliphatic heterocycles. The molecule has 5 heteroatoms. The summed E-state index contributed by atoms with van der Waals surface area (Å²) in [5.74, 6) is 0.610. The second-order valence-corrected chi connectivity index (χ2v) is 6.61. The highest BCUT2D eigenvalue weighted by Crippen LogP contribution is 2.41. The molecule has 0 aromatic heterocycles. The first-order chi connectivity index (χ1) is 8.56. The minimum Gasteiger partial charge on any atom is -0.491 e. The van der Waals surface area contributed by atoms with Gasteiger partial charge in [-0.3, -0.25) is 0 Å². The fourth-order valence-electron chi connectivity index (χ4n) is 2.29. The summed E-state index contributed by atoms with van der Waals surface area (Å²) in [6, 6.07) is 3.30. The van der Waals surface area contributed by atoms with Gasteiger partial charge >= 0.3 is 0 Å². The normalized spacial score (nSPS) is 18.0. The lowest BCUT2D eigenvalue weighted by atomic mass is 9.90. The zero-order chi connectivity index (χ0) is 13.2. The number of ether oxygens (including phenoxy) is 1. The Kier molecular flexibility index (Phi) is 5.10. The zero-order valence-corrected chi connectivity index (χ0v) is 13.7. The first kappa shape index (κ1) is 14.8. The van der Waals surface area contributed by atoms with Crippen LogP contribution in [0.3, 0.4) is 0 Å². The number of hydrogen-bond acceptors (Lipinski definition) is 1. The molecule has 0 amide bonds. The van der Waals surface area contributed by atoms with Crippen LogP contribution < -0.4 is 4.74 Å². The molecule has 0 radical (unpaired) electrons. The molecule has 0 spiro atoms. The van der Waals surface area contributed by atoms with Crippen LogP contribution in [0.25, 0.3) is 0 Å². The molecule has 0 N–H and O–H groups in total. The lowest BCUT2D eigenvalue weighted by Crippen LogP contribution is -2.27. The Bertz CT molecular complexity index is 430. The smallest absolute Gasteiger partial charge is 0.139 e. The minimum absolute atomic E-state index is 0.232. The van der Waals surface area contributed by atoms with E-state index in [2.05, 4.69) is 15.9 Å². The van der Waals surface area contributed by atoms with Crippen molar-refractivity contribution in [1.82, 2.24) is 0 Å². The van der Waals surface area contributed by atoms with Crippen molar-refractivity contribution in [2.45, 2.75) is 25.7 Å². The molecule has 1 aliphatic rings. The Morgan fingerprint density at radius 3 is 2.28 bits per heavy atom. The fraction of sp³-hybridized carbons (Fsp3) is 0.538. The van der Waals surface area contributed by atoms with Gasteiger partial charge in [0.15, 0.2) is 0 Å². The lowest BCUT2D eigenvalue weighted by Gasteiger charge is -2.26. The fourth-order valence-corrected chi connectivity index (χ4v) is 3.60. The van der Waals surface area contributed by atoms with Crippen LogP contribution in [0.15, 0.2) is 12.1 Å². The topological polar surface area (TPSA) is 9.23 Å². The maximum atomic E-state index is 6.10. The summed E-state index contributed by atoms with van der Waals surface area (Å²) in [7, 11) is 0. The van der Waals surface area contributed by atoms with Gasteiger partial charge in [-0.2, -0.15) is 0 Å². The number of rotatable bonds is 4. The number of hydrogen-bond donors (Lipinski definition) is 0. The Labute approximate surface area is 131 Å². The van der Waals surface area contributed by atoms with Crippen molar-refractivity contribution in [2.75, 3.05) is 11.9 Å². The van der Waals surface area contributed by atoms with Gasteiger partial charge < -0.3 is 4.74 Å². The maximum Gasteiger partial charge on any atom is 0.139 e. The second kappa shape index (κ2) is 6.21. The van der Waals surface area contributed by atoms with Crippen LogP contribution in [0.4, 0.5) is 0 Å². The molecule has 1 aromatic rings. The third-order valence-corrected chi connectivity index (χ3v) is 5.66. The largest absolute Gasteiger partial charge is 0.491 e. The first-order valence-corrected chi connectivity index (χ1v) is 8.15. The summed E-state index contributed by atoms with van der Waals surface area (Å²) in [4.78, 5) is 0. The summed E-state index contributed by atoms with van der Waals surface area (Å²) in [6.07, 6.45) is 4.92. The molecule has 1 saturated carbocycles. The predicted molar refractivity (Wildman–Crippen MR) is 81.7 cm³/mol. The van der Waals surface area contributed by atoms with Crippen molar-refractivity contribution in [3.05, 3.63) is 27.2 Å². The van der Waals surface area contributed by atoms with E-state index in [0.29, 0.717) is 27.4 Å². The van der Waals surface area contributed by atoms with E-state index in [1.807, 2.05) is 0 Å². The van der Waals surface area contributed by atoms with Crippen molar-refractivity contribution in [3.63, 3.8) is 0 Å². The monoisotopic (exact) mass is 370 g/mol. The Hall–Kier alpha value is 0.370. The van der Waals surface area contributed by atoms with Crippen LogP contribution in [0.1, 0.15) is 25.7 Å². The van der Waals surface area contributed by atoms with Crippen molar-refractivity contribution in [2.24, 2.45) is 5.41 Å². The van der Waals surface area contributed by atoms with Crippen LogP contribution in [-0.4, -0.2) is 11.9 Å². The van der Waals surface area contributed by atoms with Gasteiger partial charge in [-0.15, -0.1) is 0 Å². The Morgan fingerprint density at radius 2 is 1.67 bits per heavy atom. The molecule has 1 aromatic carbocycles. The highest BCUT2D eigenvalue weighted by molar-refractivity contribution is 9.09. The van der Waals surface area contributed by atoms with Gasteiger partial charge in [0.25, 0.3) is 0 Å². The third-order valence-electron chi connectivity index (χ3n) is 3.46. The van der Waals surface area contributed by atoms with Crippen LogP contribution in [-0.2, 0) is 0 Å². The molecule has 0 heterocycles. The molecule has 0 bridgehead atoms. The van der Waals surface area contributed by atoms with Gasteiger partial charge in [0, 0.05) is 16.8 Å². The number of halogens is 4. The average molecular weight is 373 g/mol. The van der Waals surface area contributed by atoms with Crippen molar-refractivity contribution in [1.29, 1.82) is 0 Å². The SMILES string of the molecule is Clc1cc(Cl)c(OCC2(CBr)CCCC2)cc1Cl. The molecule has 2 rings (SSSR count). The molecule has 1 nitrogen and oxygen atoms in total. The second-order valence-electron chi connectivity index (χ2n) is 4.83. The van der Waals surface area contributed by atoms with Gasteiger partial charge in [-0.25, -0.2) is 0 Å². The summed E-state index contributed by atoms with van der Waals surface area (Å²) < 4.78 is 5.85. The highest BCUT2D eigenvalue weighted by Gasteiger charge is 2.33. The highest BCUT2D eigenvalue weighted by atomic mass is 79.9. The molecular formula is C13H14BrCl3O. The molecule has 1 fully saturated rings. The standard InChI is InChI=1S/C13H14BrCl3O/c14-7-13(3-1-2-4-13)8-18-12-6-10(16)9(15)5-11(12)17/h5-6H,1-4,7-8H2. The average Bonchev–Trinajstić information content (AvgIpc) is 2.82. The number of benzene rings is 1. The van der Waals surface area contributed by atoms with Crippen molar-refractivity contribution < 1.29 is 4.74 Å². The van der Waals surface area contributed by atoms with Crippen LogP contribution in [0, 0.1) is 5.41 Å². The molecule has 0 saturated heterocycles. The molecular weight excluding hydrogens is 358 g/mol. The molecule has 0 atom stereocenters. The van der Waals surface area contributed by atoms with E-state index >= 15 is 0 Å². The zero-order valence-electron chi connectivity index (χ0n) is 9.82. The van der Waals surface area contributed by atoms with Gasteiger partial charge in [-0.05, 0) is 18.9 Å². The van der Waals surface area contributed by atoms with Gasteiger partial charge in [0.2, 0.25) is 0 Å². The quantitative estimate of drug-likeness (QED) is 0.466. The van der Waals surface area contributed by atoms with Gasteiger partial charge in [0.05, 0.1) is 21.7 Å². The summed E-state index contributed by atoms with van der Waals surface area (Å²) in [5.41, 5.74) is 0.232. The number of alkyl halides is 1. The van der Waals surface area contributed by atoms with Gasteiger partial charge in [-0.1, -0.05) is 63.6 Å². The van der Waals surface area contributed by atoms with Crippen LogP contribution >= 0.6 is 50.7 Å². The predicted octanol–water partition coefficient (Wildman–Crippen LogP) is 5.98. The van der Waals surface area contributed by atoms with Crippen LogP contribution in [0.5, 0.6) is 5.75 Å². The lowest BCUT2D eigenvalue weighted by molar-refractivity contribution is 0.174. The minimum atomic E-state index is 0.232. The van der Waals surface area contributed by atoms with Crippen molar-refractivity contribution >= 4 is 50.7 Å². The molecule has 18 heavy (non-hydrogen) atoms. The maximum absolute atomic E-state index is 6.10. The van der Waals surface area contributed by atoms with E-state index in [1.54, 1.807) is 12.1 Å². The van der Waals surface area contributed by atoms with E-state index in [-0.39, 0.29) is 5.41 Å². The van der Waals surface area contributed by atoms with E-state index in [4.69, 9.17) is 39.5 Å². The third kappa shape index (κ3) is 3.27. The first-order valence-electron chi connectivity index (χ1n) is 5.90. The van der Waals surface area contributed by atoms with E-state index in [0.717, 1.165) is 5.33 Å².